The monoisotopic (exact) mass is 359 g/mol. The molecule has 2 aliphatic rings. The van der Waals surface area contributed by atoms with Crippen molar-refractivity contribution in [2.75, 3.05) is 24.5 Å². The zero-order valence-electron chi connectivity index (χ0n) is 11.9. The van der Waals surface area contributed by atoms with Crippen molar-refractivity contribution in [3.63, 3.8) is 0 Å². The van der Waals surface area contributed by atoms with Gasteiger partial charge in [-0.15, -0.1) is 0 Å². The van der Waals surface area contributed by atoms with E-state index in [9.17, 15) is 9.59 Å². The van der Waals surface area contributed by atoms with Crippen LogP contribution in [-0.2, 0) is 9.59 Å². The Bertz CT molecular complexity index is 622. The third-order valence-electron chi connectivity index (χ3n) is 3.62. The van der Waals surface area contributed by atoms with Gasteiger partial charge in [0.1, 0.15) is 5.15 Å². The van der Waals surface area contributed by atoms with Crippen LogP contribution in [0.4, 0.5) is 5.69 Å². The predicted octanol–water partition coefficient (Wildman–Crippen LogP) is 1.51. The second-order valence-electron chi connectivity index (χ2n) is 5.11. The van der Waals surface area contributed by atoms with Gasteiger partial charge in [-0.05, 0) is 6.07 Å². The summed E-state index contributed by atoms with van der Waals surface area (Å²) < 4.78 is 0. The van der Waals surface area contributed by atoms with Crippen LogP contribution in [0.5, 0.6) is 0 Å². The lowest BCUT2D eigenvalue weighted by atomic mass is 9.91. The second kappa shape index (κ2) is 7.63. The summed E-state index contributed by atoms with van der Waals surface area (Å²) >= 11 is 11.7. The summed E-state index contributed by atoms with van der Waals surface area (Å²) in [7, 11) is 0. The van der Waals surface area contributed by atoms with E-state index in [0.29, 0.717) is 28.4 Å². The van der Waals surface area contributed by atoms with E-state index in [1.54, 1.807) is 6.20 Å². The summed E-state index contributed by atoms with van der Waals surface area (Å²) in [5.74, 6) is -1.72. The summed E-state index contributed by atoms with van der Waals surface area (Å²) in [5, 5.41) is 19.9. The Balaban J connectivity index is 0.000000207. The fraction of sp³-hybridized carbons (Fsp3) is 0.357. The van der Waals surface area contributed by atoms with Gasteiger partial charge in [0.15, 0.2) is 0 Å². The minimum absolute atomic E-state index is 0.377. The van der Waals surface area contributed by atoms with Crippen molar-refractivity contribution in [3.8, 4) is 0 Å². The number of nitrogens with one attached hydrogen (secondary N) is 1. The number of aromatic nitrogens is 1. The summed E-state index contributed by atoms with van der Waals surface area (Å²) in [6.07, 6.45) is 2.91. The smallest absolute Gasteiger partial charge is 0.328 e. The van der Waals surface area contributed by atoms with Crippen LogP contribution in [0, 0.1) is 5.92 Å². The molecule has 2 aliphatic heterocycles. The average molecular weight is 360 g/mol. The van der Waals surface area contributed by atoms with Crippen LogP contribution in [0.3, 0.4) is 0 Å². The van der Waals surface area contributed by atoms with Crippen molar-refractivity contribution >= 4 is 40.8 Å². The molecule has 3 rings (SSSR count). The van der Waals surface area contributed by atoms with Gasteiger partial charge in [-0.25, -0.2) is 14.6 Å². The molecule has 9 heteroatoms. The Morgan fingerprint density at radius 1 is 1.26 bits per heavy atom. The first-order chi connectivity index (χ1) is 10.9. The van der Waals surface area contributed by atoms with Gasteiger partial charge in [0.2, 0.25) is 0 Å². The first-order valence-corrected chi connectivity index (χ1v) is 7.56. The van der Waals surface area contributed by atoms with E-state index in [4.69, 9.17) is 33.4 Å². The molecule has 0 unspecified atom stereocenters. The molecule has 2 fully saturated rings. The van der Waals surface area contributed by atoms with Crippen LogP contribution in [0.2, 0.25) is 10.2 Å². The number of pyridine rings is 1. The molecule has 1 aromatic rings. The van der Waals surface area contributed by atoms with Crippen molar-refractivity contribution in [3.05, 3.63) is 34.6 Å². The standard InChI is InChI=1S/C10H11Cl2N3.C4H4O4/c11-8-1-7(3-14-10(8)12)15-5-6-2-13-4-9(6)15;5-3(6)1-2-4(7)8/h1,3,6,9,13H,2,4-5H2;1-2H,(H,5,6)(H,7,8)/b;2-1+/t6-,9-;/m0./s1. The third-order valence-corrected chi connectivity index (χ3v) is 4.30. The van der Waals surface area contributed by atoms with Crippen LogP contribution in [0.25, 0.3) is 0 Å². The lowest BCUT2D eigenvalue weighted by molar-refractivity contribution is -0.134. The van der Waals surface area contributed by atoms with Crippen molar-refractivity contribution in [2.45, 2.75) is 6.04 Å². The lowest BCUT2D eigenvalue weighted by Crippen LogP contribution is -2.55. The molecule has 0 spiro atoms. The van der Waals surface area contributed by atoms with Gasteiger partial charge in [0, 0.05) is 43.7 Å². The van der Waals surface area contributed by atoms with E-state index in [1.807, 2.05) is 6.07 Å². The molecule has 0 bridgehead atoms. The molecule has 23 heavy (non-hydrogen) atoms. The highest BCUT2D eigenvalue weighted by atomic mass is 35.5. The van der Waals surface area contributed by atoms with E-state index in [0.717, 1.165) is 31.2 Å². The third kappa shape index (κ3) is 4.57. The maximum Gasteiger partial charge on any atom is 0.328 e. The summed E-state index contributed by atoms with van der Waals surface area (Å²) in [6.45, 7) is 3.29. The Morgan fingerprint density at radius 3 is 2.43 bits per heavy atom. The summed E-state index contributed by atoms with van der Waals surface area (Å²) in [4.78, 5) is 25.5. The van der Waals surface area contributed by atoms with Gasteiger partial charge in [0.25, 0.3) is 0 Å². The number of aliphatic carboxylic acids is 2. The average Bonchev–Trinajstić information content (AvgIpc) is 2.82. The van der Waals surface area contributed by atoms with E-state index in [-0.39, 0.29) is 0 Å². The molecule has 0 aliphatic carbocycles. The Morgan fingerprint density at radius 2 is 1.91 bits per heavy atom. The first kappa shape index (κ1) is 17.5. The SMILES string of the molecule is Clc1cc(N2C[C@@H]3CNC[C@@H]32)cnc1Cl.O=C(O)/C=C/C(=O)O. The number of carbonyl (C=O) groups is 2. The maximum atomic E-state index is 9.55. The highest BCUT2D eigenvalue weighted by Crippen LogP contribution is 2.35. The largest absolute Gasteiger partial charge is 0.478 e. The van der Waals surface area contributed by atoms with Crippen molar-refractivity contribution in [2.24, 2.45) is 5.92 Å². The maximum absolute atomic E-state index is 9.55. The van der Waals surface area contributed by atoms with Gasteiger partial charge in [0.05, 0.1) is 16.9 Å². The molecule has 2 atom stereocenters. The van der Waals surface area contributed by atoms with Crippen LogP contribution in [0.1, 0.15) is 0 Å². The molecule has 2 saturated heterocycles. The number of nitrogens with zero attached hydrogens (tertiary/aromatic N) is 2. The molecular formula is C14H15Cl2N3O4. The fourth-order valence-corrected chi connectivity index (χ4v) is 2.79. The van der Waals surface area contributed by atoms with Gasteiger partial charge in [-0.2, -0.15) is 0 Å². The van der Waals surface area contributed by atoms with Crippen molar-refractivity contribution in [1.29, 1.82) is 0 Å². The molecule has 0 aromatic carbocycles. The van der Waals surface area contributed by atoms with Gasteiger partial charge >= 0.3 is 11.9 Å². The quantitative estimate of drug-likeness (QED) is 0.555. The molecule has 0 saturated carbocycles. The highest BCUT2D eigenvalue weighted by molar-refractivity contribution is 6.41. The topological polar surface area (TPSA) is 103 Å². The highest BCUT2D eigenvalue weighted by Gasteiger charge is 2.42. The predicted molar refractivity (Wildman–Crippen MR) is 86.2 cm³/mol. The number of fused-ring (bicyclic) bond motifs is 1. The first-order valence-electron chi connectivity index (χ1n) is 6.81. The zero-order valence-corrected chi connectivity index (χ0v) is 13.5. The lowest BCUT2D eigenvalue weighted by Gasteiger charge is -2.45. The summed E-state index contributed by atoms with van der Waals surface area (Å²) in [5.41, 5.74) is 1.08. The van der Waals surface area contributed by atoms with Crippen LogP contribution in [-0.4, -0.2) is 52.8 Å². The number of hydrogen-bond donors (Lipinski definition) is 3. The number of rotatable bonds is 3. The fourth-order valence-electron chi connectivity index (χ4n) is 2.53. The Hall–Kier alpha value is -1.83. The normalized spacial score (nSPS) is 22.1. The minimum Gasteiger partial charge on any atom is -0.478 e. The van der Waals surface area contributed by atoms with Crippen molar-refractivity contribution in [1.82, 2.24) is 10.3 Å². The molecule has 0 amide bonds. The number of anilines is 1. The van der Waals surface area contributed by atoms with Gasteiger partial charge in [-0.1, -0.05) is 23.2 Å². The van der Waals surface area contributed by atoms with Crippen molar-refractivity contribution < 1.29 is 19.8 Å². The van der Waals surface area contributed by atoms with E-state index in [1.165, 1.54) is 0 Å². The van der Waals surface area contributed by atoms with Gasteiger partial charge < -0.3 is 20.4 Å². The summed E-state index contributed by atoms with van der Waals surface area (Å²) in [6, 6.07) is 2.51. The van der Waals surface area contributed by atoms with Gasteiger partial charge in [-0.3, -0.25) is 0 Å². The van der Waals surface area contributed by atoms with E-state index in [2.05, 4.69) is 15.2 Å². The van der Waals surface area contributed by atoms with Crippen LogP contribution >= 0.6 is 23.2 Å². The molecule has 3 N–H and O–H groups in total. The number of hydrogen-bond acceptors (Lipinski definition) is 5. The molecule has 124 valence electrons. The molecule has 7 nitrogen and oxygen atoms in total. The van der Waals surface area contributed by atoms with Crippen LogP contribution < -0.4 is 10.2 Å². The van der Waals surface area contributed by atoms with E-state index >= 15 is 0 Å². The molecule has 0 radical (unpaired) electrons. The van der Waals surface area contributed by atoms with E-state index < -0.39 is 11.9 Å². The zero-order chi connectivity index (χ0) is 17.0. The molecule has 3 heterocycles. The Labute approximate surface area is 142 Å². The number of carboxylic acid groups (broad SMARTS) is 2. The Kier molecular flexibility index (Phi) is 5.81. The van der Waals surface area contributed by atoms with Crippen LogP contribution in [0.15, 0.2) is 24.4 Å². The second-order valence-corrected chi connectivity index (χ2v) is 5.88. The number of carboxylic acids is 2. The minimum atomic E-state index is -1.26. The number of halogens is 2. The molecular weight excluding hydrogens is 345 g/mol. The molecule has 1 aromatic heterocycles.